The molecule has 0 aliphatic carbocycles. The van der Waals surface area contributed by atoms with Gasteiger partial charge in [0.25, 0.3) is 0 Å². The highest BCUT2D eigenvalue weighted by Crippen LogP contribution is 2.26. The molecule has 0 N–H and O–H groups in total. The van der Waals surface area contributed by atoms with Gasteiger partial charge in [-0.2, -0.15) is 0 Å². The van der Waals surface area contributed by atoms with Gasteiger partial charge in [0.1, 0.15) is 5.82 Å². The number of nitrogens with zero attached hydrogens (tertiary/aromatic N) is 3. The molecule has 2 heterocycles. The lowest BCUT2D eigenvalue weighted by Crippen LogP contribution is -2.22. The summed E-state index contributed by atoms with van der Waals surface area (Å²) < 4.78 is 0. The molecule has 1 aliphatic rings. The lowest BCUT2D eigenvalue weighted by Gasteiger charge is -2.18. The molecule has 0 radical (unpaired) electrons. The minimum Gasteiger partial charge on any atom is -0.355 e. The van der Waals surface area contributed by atoms with Crippen LogP contribution in [0.1, 0.15) is 20.3 Å². The second-order valence-corrected chi connectivity index (χ2v) is 4.30. The Morgan fingerprint density at radius 1 is 1.43 bits per heavy atom. The van der Waals surface area contributed by atoms with E-state index in [9.17, 15) is 0 Å². The Bertz CT molecular complexity index is 284. The fourth-order valence-corrected chi connectivity index (χ4v) is 1.99. The molecule has 0 saturated carbocycles. The van der Waals surface area contributed by atoms with Crippen LogP contribution in [0, 0.1) is 11.8 Å². The molecule has 3 nitrogen and oxygen atoms in total. The molecular weight excluding hydrogens is 174 g/mol. The first-order chi connectivity index (χ1) is 6.77. The molecule has 0 aromatic carbocycles. The summed E-state index contributed by atoms with van der Waals surface area (Å²) in [4.78, 5) is 10.7. The van der Waals surface area contributed by atoms with Crippen molar-refractivity contribution >= 4 is 5.82 Å². The van der Waals surface area contributed by atoms with Crippen LogP contribution in [-0.4, -0.2) is 23.1 Å². The lowest BCUT2D eigenvalue weighted by atomic mass is 9.95. The molecule has 0 amide bonds. The molecule has 1 aliphatic heterocycles. The maximum atomic E-state index is 4.32. The highest BCUT2D eigenvalue weighted by atomic mass is 15.2. The standard InChI is InChI=1S/C11H17N3/c1-9(2)10-3-6-14(8-10)11-7-12-4-5-13-11/h4-5,7,9-10H,3,6,8H2,1-2H3. The van der Waals surface area contributed by atoms with Crippen LogP contribution in [0.5, 0.6) is 0 Å². The van der Waals surface area contributed by atoms with Crippen LogP contribution >= 0.6 is 0 Å². The van der Waals surface area contributed by atoms with Crippen molar-refractivity contribution in [3.05, 3.63) is 18.6 Å². The third-order valence-corrected chi connectivity index (χ3v) is 3.04. The quantitative estimate of drug-likeness (QED) is 0.715. The Hall–Kier alpha value is -1.12. The predicted octanol–water partition coefficient (Wildman–Crippen LogP) is 1.96. The van der Waals surface area contributed by atoms with E-state index in [0.717, 1.165) is 30.7 Å². The summed E-state index contributed by atoms with van der Waals surface area (Å²) in [6, 6.07) is 0. The molecule has 1 aromatic heterocycles. The van der Waals surface area contributed by atoms with Crippen molar-refractivity contribution in [2.24, 2.45) is 11.8 Å². The van der Waals surface area contributed by atoms with Gasteiger partial charge in [-0.25, -0.2) is 4.98 Å². The van der Waals surface area contributed by atoms with Gasteiger partial charge in [0.15, 0.2) is 0 Å². The summed E-state index contributed by atoms with van der Waals surface area (Å²) in [5.74, 6) is 2.62. The van der Waals surface area contributed by atoms with Crippen LogP contribution in [-0.2, 0) is 0 Å². The molecule has 1 aromatic rings. The number of hydrogen-bond acceptors (Lipinski definition) is 3. The van der Waals surface area contributed by atoms with E-state index in [-0.39, 0.29) is 0 Å². The van der Waals surface area contributed by atoms with Crippen molar-refractivity contribution in [1.29, 1.82) is 0 Å². The van der Waals surface area contributed by atoms with Crippen molar-refractivity contribution < 1.29 is 0 Å². The summed E-state index contributed by atoms with van der Waals surface area (Å²) in [6.45, 7) is 6.85. The predicted molar refractivity (Wildman–Crippen MR) is 57.2 cm³/mol. The van der Waals surface area contributed by atoms with Gasteiger partial charge in [0, 0.05) is 25.5 Å². The summed E-state index contributed by atoms with van der Waals surface area (Å²) in [5.41, 5.74) is 0. The van der Waals surface area contributed by atoms with E-state index in [1.54, 1.807) is 12.4 Å². The van der Waals surface area contributed by atoms with Crippen molar-refractivity contribution in [2.75, 3.05) is 18.0 Å². The van der Waals surface area contributed by atoms with Crippen LogP contribution in [0.2, 0.25) is 0 Å². The molecule has 0 spiro atoms. The number of hydrogen-bond donors (Lipinski definition) is 0. The van der Waals surface area contributed by atoms with Crippen LogP contribution in [0.15, 0.2) is 18.6 Å². The van der Waals surface area contributed by atoms with Gasteiger partial charge in [-0.3, -0.25) is 4.98 Å². The average Bonchev–Trinajstić information content (AvgIpc) is 2.68. The fraction of sp³-hybridized carbons (Fsp3) is 0.636. The first kappa shape index (κ1) is 9.44. The van der Waals surface area contributed by atoms with Crippen LogP contribution in [0.25, 0.3) is 0 Å². The summed E-state index contributed by atoms with van der Waals surface area (Å²) in [5, 5.41) is 0. The molecule has 1 atom stereocenters. The van der Waals surface area contributed by atoms with E-state index in [1.807, 2.05) is 6.20 Å². The first-order valence-corrected chi connectivity index (χ1v) is 5.28. The molecule has 0 bridgehead atoms. The Balaban J connectivity index is 2.03. The van der Waals surface area contributed by atoms with Crippen molar-refractivity contribution in [3.63, 3.8) is 0 Å². The monoisotopic (exact) mass is 191 g/mol. The zero-order valence-corrected chi connectivity index (χ0v) is 8.85. The van der Waals surface area contributed by atoms with Crippen molar-refractivity contribution in [3.8, 4) is 0 Å². The Morgan fingerprint density at radius 2 is 2.29 bits per heavy atom. The first-order valence-electron chi connectivity index (χ1n) is 5.28. The lowest BCUT2D eigenvalue weighted by molar-refractivity contribution is 0.422. The van der Waals surface area contributed by atoms with Gasteiger partial charge >= 0.3 is 0 Å². The molecule has 14 heavy (non-hydrogen) atoms. The van der Waals surface area contributed by atoms with E-state index in [0.29, 0.717) is 0 Å². The largest absolute Gasteiger partial charge is 0.355 e. The molecule has 1 fully saturated rings. The minimum absolute atomic E-state index is 0.775. The Labute approximate surface area is 85.2 Å². The number of anilines is 1. The second kappa shape index (κ2) is 3.95. The van der Waals surface area contributed by atoms with Crippen molar-refractivity contribution in [1.82, 2.24) is 9.97 Å². The van der Waals surface area contributed by atoms with E-state index < -0.39 is 0 Å². The van der Waals surface area contributed by atoms with Gasteiger partial charge in [-0.05, 0) is 18.3 Å². The van der Waals surface area contributed by atoms with Crippen molar-refractivity contribution in [2.45, 2.75) is 20.3 Å². The third-order valence-electron chi connectivity index (χ3n) is 3.04. The smallest absolute Gasteiger partial charge is 0.147 e. The molecule has 3 heteroatoms. The van der Waals surface area contributed by atoms with Gasteiger partial charge in [0.2, 0.25) is 0 Å². The minimum atomic E-state index is 0.775. The summed E-state index contributed by atoms with van der Waals surface area (Å²) in [6.07, 6.45) is 6.62. The van der Waals surface area contributed by atoms with Crippen LogP contribution < -0.4 is 4.90 Å². The normalized spacial score (nSPS) is 21.9. The molecule has 1 unspecified atom stereocenters. The van der Waals surface area contributed by atoms with Crippen LogP contribution in [0.3, 0.4) is 0 Å². The molecule has 2 rings (SSSR count). The zero-order chi connectivity index (χ0) is 9.97. The maximum absolute atomic E-state index is 4.32. The van der Waals surface area contributed by atoms with Crippen LogP contribution in [0.4, 0.5) is 5.82 Å². The van der Waals surface area contributed by atoms with Gasteiger partial charge in [-0.15, -0.1) is 0 Å². The third kappa shape index (κ3) is 1.86. The summed E-state index contributed by atoms with van der Waals surface area (Å²) in [7, 11) is 0. The topological polar surface area (TPSA) is 29.0 Å². The number of aromatic nitrogens is 2. The Kier molecular flexibility index (Phi) is 2.66. The zero-order valence-electron chi connectivity index (χ0n) is 8.85. The second-order valence-electron chi connectivity index (χ2n) is 4.30. The van der Waals surface area contributed by atoms with Gasteiger partial charge in [-0.1, -0.05) is 13.8 Å². The number of rotatable bonds is 2. The summed E-state index contributed by atoms with van der Waals surface area (Å²) >= 11 is 0. The maximum Gasteiger partial charge on any atom is 0.147 e. The average molecular weight is 191 g/mol. The molecule has 1 saturated heterocycles. The molecule has 76 valence electrons. The highest BCUT2D eigenvalue weighted by Gasteiger charge is 2.25. The van der Waals surface area contributed by atoms with E-state index in [1.165, 1.54) is 6.42 Å². The van der Waals surface area contributed by atoms with E-state index in [2.05, 4.69) is 28.7 Å². The highest BCUT2D eigenvalue weighted by molar-refractivity contribution is 5.36. The van der Waals surface area contributed by atoms with Gasteiger partial charge < -0.3 is 4.90 Å². The SMILES string of the molecule is CC(C)C1CCN(c2cnccn2)C1. The molecular formula is C11H17N3. The Morgan fingerprint density at radius 3 is 2.86 bits per heavy atom. The van der Waals surface area contributed by atoms with Gasteiger partial charge in [0.05, 0.1) is 6.20 Å². The van der Waals surface area contributed by atoms with E-state index in [4.69, 9.17) is 0 Å². The van der Waals surface area contributed by atoms with E-state index >= 15 is 0 Å². The fourth-order valence-electron chi connectivity index (χ4n) is 1.99.